The number of aliphatic hydroxyl groups excluding tert-OH is 1. The van der Waals surface area contributed by atoms with Crippen molar-refractivity contribution < 1.29 is 10.2 Å². The van der Waals surface area contributed by atoms with Crippen molar-refractivity contribution in [3.63, 3.8) is 0 Å². The molecule has 0 aliphatic heterocycles. The van der Waals surface area contributed by atoms with Crippen LogP contribution < -0.4 is 0 Å². The van der Waals surface area contributed by atoms with Crippen LogP contribution in [0.3, 0.4) is 0 Å². The molecule has 1 rings (SSSR count). The lowest BCUT2D eigenvalue weighted by Gasteiger charge is -2.30. The number of aromatic nitrogens is 2. The lowest BCUT2D eigenvalue weighted by atomic mass is 9.89. The molecule has 1 heterocycles. The molecule has 0 aromatic carbocycles. The van der Waals surface area contributed by atoms with E-state index >= 15 is 0 Å². The summed E-state index contributed by atoms with van der Waals surface area (Å²) in [5.41, 5.74) is -1.06. The van der Waals surface area contributed by atoms with Crippen LogP contribution in [0.25, 0.3) is 0 Å². The van der Waals surface area contributed by atoms with Crippen LogP contribution in [0.2, 0.25) is 0 Å². The van der Waals surface area contributed by atoms with E-state index in [1.807, 2.05) is 12.4 Å². The number of nitrogens with zero attached hydrogens (tertiary/aromatic N) is 2. The van der Waals surface area contributed by atoms with Crippen molar-refractivity contribution in [2.45, 2.75) is 194 Å². The molecule has 0 radical (unpaired) electrons. The molecule has 0 spiro atoms. The van der Waals surface area contributed by atoms with Crippen LogP contribution in [0.4, 0.5) is 0 Å². The van der Waals surface area contributed by atoms with Gasteiger partial charge in [0.2, 0.25) is 0 Å². The van der Waals surface area contributed by atoms with Crippen LogP contribution in [-0.4, -0.2) is 31.5 Å². The van der Waals surface area contributed by atoms with Gasteiger partial charge in [0.1, 0.15) is 11.9 Å². The Hall–Kier alpha value is -0.870. The minimum absolute atomic E-state index is 0.422. The fourth-order valence-corrected chi connectivity index (χ4v) is 5.77. The molecule has 2 N–H and O–H groups in total. The third kappa shape index (κ3) is 19.0. The lowest BCUT2D eigenvalue weighted by Crippen LogP contribution is -2.42. The van der Waals surface area contributed by atoms with Gasteiger partial charge in [-0.2, -0.15) is 0 Å². The standard InChI is InChI=1S/C35H68N2O2/c1-6-7-8-9-10-11-12-13-14-15-16-17-18-19-20-26-34-36-28-29-37(34)30-33(38)35(5,39)27-22-25-32(4)24-21-23-31(2)3/h28-29,31-33,38-39H,6-27,30H2,1-5H3. The molecule has 0 aliphatic carbocycles. The number of hydrogen-bond donors (Lipinski definition) is 2. The Balaban J connectivity index is 2.12. The second kappa shape index (κ2) is 22.8. The van der Waals surface area contributed by atoms with E-state index in [0.29, 0.717) is 18.9 Å². The summed E-state index contributed by atoms with van der Waals surface area (Å²) < 4.78 is 2.05. The van der Waals surface area contributed by atoms with Crippen molar-refractivity contribution >= 4 is 0 Å². The molecule has 4 nitrogen and oxygen atoms in total. The van der Waals surface area contributed by atoms with Gasteiger partial charge in [0, 0.05) is 18.8 Å². The van der Waals surface area contributed by atoms with Crippen LogP contribution >= 0.6 is 0 Å². The summed E-state index contributed by atoms with van der Waals surface area (Å²) in [4.78, 5) is 4.55. The minimum Gasteiger partial charge on any atom is -0.388 e. The quantitative estimate of drug-likeness (QED) is 0.108. The first-order valence-electron chi connectivity index (χ1n) is 17.2. The first kappa shape index (κ1) is 36.2. The number of rotatable bonds is 27. The van der Waals surface area contributed by atoms with E-state index in [1.165, 1.54) is 109 Å². The zero-order valence-corrected chi connectivity index (χ0v) is 26.9. The van der Waals surface area contributed by atoms with Gasteiger partial charge in [0.25, 0.3) is 0 Å². The second-order valence-electron chi connectivity index (χ2n) is 13.4. The fraction of sp³-hybridized carbons (Fsp3) is 0.914. The molecular weight excluding hydrogens is 480 g/mol. The highest BCUT2D eigenvalue weighted by Gasteiger charge is 2.30. The van der Waals surface area contributed by atoms with Gasteiger partial charge in [-0.15, -0.1) is 0 Å². The molecule has 1 aromatic rings. The summed E-state index contributed by atoms with van der Waals surface area (Å²) in [6.07, 6.45) is 31.2. The Morgan fingerprint density at radius 3 is 1.79 bits per heavy atom. The van der Waals surface area contributed by atoms with Crippen LogP contribution in [0, 0.1) is 11.8 Å². The fourth-order valence-electron chi connectivity index (χ4n) is 5.77. The van der Waals surface area contributed by atoms with Gasteiger partial charge in [-0.25, -0.2) is 4.98 Å². The third-order valence-electron chi connectivity index (χ3n) is 8.75. The highest BCUT2D eigenvalue weighted by atomic mass is 16.3. The summed E-state index contributed by atoms with van der Waals surface area (Å²) in [7, 11) is 0. The summed E-state index contributed by atoms with van der Waals surface area (Å²) in [6.45, 7) is 11.4. The topological polar surface area (TPSA) is 58.3 Å². The monoisotopic (exact) mass is 549 g/mol. The third-order valence-corrected chi connectivity index (χ3v) is 8.75. The summed E-state index contributed by atoms with van der Waals surface area (Å²) in [5.74, 6) is 2.51. The van der Waals surface area contributed by atoms with E-state index < -0.39 is 11.7 Å². The highest BCUT2D eigenvalue weighted by molar-refractivity contribution is 4.95. The smallest absolute Gasteiger partial charge is 0.108 e. The molecule has 1 aromatic heterocycles. The number of imidazole rings is 1. The van der Waals surface area contributed by atoms with Crippen LogP contribution in [0.1, 0.15) is 175 Å². The van der Waals surface area contributed by atoms with E-state index in [1.54, 1.807) is 6.92 Å². The Bertz CT molecular complexity index is 669. The molecule has 4 heteroatoms. The summed E-state index contributed by atoms with van der Waals surface area (Å²) in [5, 5.41) is 21.8. The normalized spacial score (nSPS) is 15.1. The molecule has 0 saturated heterocycles. The Morgan fingerprint density at radius 2 is 1.26 bits per heavy atom. The van der Waals surface area contributed by atoms with Crippen molar-refractivity contribution in [1.29, 1.82) is 0 Å². The molecule has 0 fully saturated rings. The maximum atomic E-state index is 11.0. The highest BCUT2D eigenvalue weighted by Crippen LogP contribution is 2.24. The average molecular weight is 549 g/mol. The van der Waals surface area contributed by atoms with E-state index in [-0.39, 0.29) is 0 Å². The predicted octanol–water partition coefficient (Wildman–Crippen LogP) is 10.0. The van der Waals surface area contributed by atoms with Gasteiger partial charge in [-0.3, -0.25) is 0 Å². The molecule has 230 valence electrons. The molecule has 3 atom stereocenters. The molecule has 3 unspecified atom stereocenters. The first-order chi connectivity index (χ1) is 18.8. The molecule has 0 aliphatic rings. The van der Waals surface area contributed by atoms with Crippen molar-refractivity contribution in [3.05, 3.63) is 18.2 Å². The molecule has 39 heavy (non-hydrogen) atoms. The van der Waals surface area contributed by atoms with Gasteiger partial charge in [-0.05, 0) is 31.6 Å². The van der Waals surface area contributed by atoms with Crippen LogP contribution in [-0.2, 0) is 13.0 Å². The van der Waals surface area contributed by atoms with Crippen molar-refractivity contribution in [1.82, 2.24) is 9.55 Å². The Labute approximate surface area is 243 Å². The summed E-state index contributed by atoms with van der Waals surface area (Å²) in [6, 6.07) is 0. The van der Waals surface area contributed by atoms with Gasteiger partial charge in [0.05, 0.1) is 12.1 Å². The van der Waals surface area contributed by atoms with E-state index in [9.17, 15) is 10.2 Å². The summed E-state index contributed by atoms with van der Waals surface area (Å²) >= 11 is 0. The van der Waals surface area contributed by atoms with Crippen molar-refractivity contribution in [3.8, 4) is 0 Å². The predicted molar refractivity (Wildman–Crippen MR) is 169 cm³/mol. The number of hydrogen-bond acceptors (Lipinski definition) is 3. The Morgan fingerprint density at radius 1 is 0.744 bits per heavy atom. The number of aryl methyl sites for hydroxylation is 1. The zero-order valence-electron chi connectivity index (χ0n) is 26.9. The average Bonchev–Trinajstić information content (AvgIpc) is 3.32. The Kier molecular flexibility index (Phi) is 21.1. The van der Waals surface area contributed by atoms with E-state index in [4.69, 9.17) is 0 Å². The van der Waals surface area contributed by atoms with E-state index in [2.05, 4.69) is 37.2 Å². The molecule has 0 amide bonds. The van der Waals surface area contributed by atoms with Gasteiger partial charge in [-0.1, -0.05) is 150 Å². The zero-order chi connectivity index (χ0) is 28.8. The minimum atomic E-state index is -1.06. The van der Waals surface area contributed by atoms with Crippen LogP contribution in [0.15, 0.2) is 12.4 Å². The largest absolute Gasteiger partial charge is 0.388 e. The number of aliphatic hydroxyl groups is 2. The second-order valence-corrected chi connectivity index (χ2v) is 13.4. The first-order valence-corrected chi connectivity index (χ1v) is 17.2. The molecule has 0 saturated carbocycles. The van der Waals surface area contributed by atoms with Gasteiger partial charge < -0.3 is 14.8 Å². The maximum absolute atomic E-state index is 11.0. The van der Waals surface area contributed by atoms with Gasteiger partial charge >= 0.3 is 0 Å². The van der Waals surface area contributed by atoms with Crippen LogP contribution in [0.5, 0.6) is 0 Å². The SMILES string of the molecule is CCCCCCCCCCCCCCCCCc1nccn1CC(O)C(C)(O)CCCC(C)CCCC(C)C. The molecule has 0 bridgehead atoms. The van der Waals surface area contributed by atoms with Crippen molar-refractivity contribution in [2.24, 2.45) is 11.8 Å². The van der Waals surface area contributed by atoms with Crippen molar-refractivity contribution in [2.75, 3.05) is 0 Å². The lowest BCUT2D eigenvalue weighted by molar-refractivity contribution is -0.0755. The number of unbranched alkanes of at least 4 members (excludes halogenated alkanes) is 14. The van der Waals surface area contributed by atoms with E-state index in [0.717, 1.165) is 37.4 Å². The maximum Gasteiger partial charge on any atom is 0.108 e. The molecular formula is C35H68N2O2. The van der Waals surface area contributed by atoms with Gasteiger partial charge in [0.15, 0.2) is 0 Å².